The molecule has 0 bridgehead atoms. The first-order valence-corrected chi connectivity index (χ1v) is 6.11. The molecule has 0 N–H and O–H groups in total. The zero-order valence-corrected chi connectivity index (χ0v) is 10.7. The van der Waals surface area contributed by atoms with Gasteiger partial charge >= 0.3 is 0 Å². The van der Waals surface area contributed by atoms with Crippen molar-refractivity contribution in [1.82, 2.24) is 4.90 Å². The van der Waals surface area contributed by atoms with Crippen LogP contribution >= 0.6 is 27.3 Å². The van der Waals surface area contributed by atoms with Crippen LogP contribution in [-0.2, 0) is 6.54 Å². The molecule has 0 aliphatic carbocycles. The van der Waals surface area contributed by atoms with Crippen molar-refractivity contribution in [3.63, 3.8) is 0 Å². The standard InChI is InChI=1S/C10H13BrN2S/c1-8(3-5-12)13(2)7-10-9(11)4-6-14-10/h4,6,8H,3,7H2,1-2H3. The Morgan fingerprint density at radius 1 is 1.71 bits per heavy atom. The Bertz CT molecular complexity index is 329. The first kappa shape index (κ1) is 11.7. The van der Waals surface area contributed by atoms with Crippen molar-refractivity contribution in [3.8, 4) is 6.07 Å². The van der Waals surface area contributed by atoms with E-state index in [4.69, 9.17) is 5.26 Å². The van der Waals surface area contributed by atoms with E-state index in [0.717, 1.165) is 6.54 Å². The molecular weight excluding hydrogens is 260 g/mol. The number of rotatable bonds is 4. The number of nitrogens with zero attached hydrogens (tertiary/aromatic N) is 2. The van der Waals surface area contributed by atoms with Crippen LogP contribution in [0.3, 0.4) is 0 Å². The summed E-state index contributed by atoms with van der Waals surface area (Å²) in [5.74, 6) is 0. The van der Waals surface area contributed by atoms with Gasteiger partial charge in [-0.15, -0.1) is 11.3 Å². The highest BCUT2D eigenvalue weighted by atomic mass is 79.9. The highest BCUT2D eigenvalue weighted by Gasteiger charge is 2.11. The zero-order chi connectivity index (χ0) is 10.6. The lowest BCUT2D eigenvalue weighted by Crippen LogP contribution is -2.27. The largest absolute Gasteiger partial charge is 0.298 e. The Labute approximate surface area is 97.3 Å². The van der Waals surface area contributed by atoms with Gasteiger partial charge in [0.15, 0.2) is 0 Å². The average molecular weight is 273 g/mol. The molecule has 0 radical (unpaired) electrons. The molecule has 1 aromatic heterocycles. The summed E-state index contributed by atoms with van der Waals surface area (Å²) in [6, 6.07) is 4.56. The monoisotopic (exact) mass is 272 g/mol. The fraction of sp³-hybridized carbons (Fsp3) is 0.500. The molecule has 1 heterocycles. The van der Waals surface area contributed by atoms with E-state index >= 15 is 0 Å². The highest BCUT2D eigenvalue weighted by molar-refractivity contribution is 9.10. The maximum atomic E-state index is 8.58. The second-order valence-corrected chi connectivity index (χ2v) is 5.17. The molecule has 0 saturated carbocycles. The first-order valence-electron chi connectivity index (χ1n) is 4.44. The normalized spacial score (nSPS) is 12.8. The molecule has 0 spiro atoms. The Morgan fingerprint density at radius 2 is 2.43 bits per heavy atom. The lowest BCUT2D eigenvalue weighted by Gasteiger charge is -2.21. The van der Waals surface area contributed by atoms with E-state index in [2.05, 4.69) is 45.3 Å². The second kappa shape index (κ2) is 5.50. The third-order valence-electron chi connectivity index (χ3n) is 2.22. The SMILES string of the molecule is CC(CC#N)N(C)Cc1sccc1Br. The van der Waals surface area contributed by atoms with Crippen molar-refractivity contribution < 1.29 is 0 Å². The van der Waals surface area contributed by atoms with Crippen LogP contribution in [-0.4, -0.2) is 18.0 Å². The van der Waals surface area contributed by atoms with Gasteiger partial charge < -0.3 is 0 Å². The van der Waals surface area contributed by atoms with E-state index in [-0.39, 0.29) is 0 Å². The van der Waals surface area contributed by atoms with Gasteiger partial charge in [-0.05, 0) is 41.3 Å². The number of thiophene rings is 1. The topological polar surface area (TPSA) is 27.0 Å². The predicted octanol–water partition coefficient (Wildman–Crippen LogP) is 3.24. The first-order chi connectivity index (χ1) is 6.65. The van der Waals surface area contributed by atoms with Crippen molar-refractivity contribution in [2.24, 2.45) is 0 Å². The second-order valence-electron chi connectivity index (χ2n) is 3.32. The van der Waals surface area contributed by atoms with Gasteiger partial charge in [-0.25, -0.2) is 0 Å². The van der Waals surface area contributed by atoms with Crippen molar-refractivity contribution in [1.29, 1.82) is 5.26 Å². The van der Waals surface area contributed by atoms with E-state index in [1.165, 1.54) is 9.35 Å². The summed E-state index contributed by atoms with van der Waals surface area (Å²) >= 11 is 5.24. The highest BCUT2D eigenvalue weighted by Crippen LogP contribution is 2.24. The molecule has 2 nitrogen and oxygen atoms in total. The molecule has 0 aromatic carbocycles. The van der Waals surface area contributed by atoms with Crippen molar-refractivity contribution in [3.05, 3.63) is 20.8 Å². The molecule has 76 valence electrons. The van der Waals surface area contributed by atoms with Crippen molar-refractivity contribution in [2.45, 2.75) is 25.9 Å². The van der Waals surface area contributed by atoms with Gasteiger partial charge in [-0.3, -0.25) is 4.90 Å². The van der Waals surface area contributed by atoms with Crippen molar-refractivity contribution in [2.75, 3.05) is 7.05 Å². The summed E-state index contributed by atoms with van der Waals surface area (Å²) in [5.41, 5.74) is 0. The minimum atomic E-state index is 0.314. The van der Waals surface area contributed by atoms with Crippen LogP contribution in [0, 0.1) is 11.3 Å². The fourth-order valence-electron chi connectivity index (χ4n) is 1.11. The van der Waals surface area contributed by atoms with E-state index < -0.39 is 0 Å². The summed E-state index contributed by atoms with van der Waals surface area (Å²) in [5, 5.41) is 10.7. The Morgan fingerprint density at radius 3 is 2.93 bits per heavy atom. The summed E-state index contributed by atoms with van der Waals surface area (Å²) in [6.45, 7) is 2.98. The van der Waals surface area contributed by atoms with Gasteiger partial charge in [-0.1, -0.05) is 0 Å². The molecule has 0 aliphatic heterocycles. The van der Waals surface area contributed by atoms with Crippen LogP contribution in [0.4, 0.5) is 0 Å². The zero-order valence-electron chi connectivity index (χ0n) is 8.33. The summed E-state index contributed by atoms with van der Waals surface area (Å²) in [6.07, 6.45) is 0.583. The quantitative estimate of drug-likeness (QED) is 0.842. The number of hydrogen-bond donors (Lipinski definition) is 0. The van der Waals surface area contributed by atoms with Gasteiger partial charge in [0.2, 0.25) is 0 Å². The maximum absolute atomic E-state index is 8.58. The number of hydrogen-bond acceptors (Lipinski definition) is 3. The molecule has 1 rings (SSSR count). The maximum Gasteiger partial charge on any atom is 0.0638 e. The summed E-state index contributed by atoms with van der Waals surface area (Å²) in [7, 11) is 2.05. The van der Waals surface area contributed by atoms with E-state index in [1.54, 1.807) is 11.3 Å². The lowest BCUT2D eigenvalue weighted by molar-refractivity contribution is 0.254. The third-order valence-corrected chi connectivity index (χ3v) is 4.13. The molecule has 1 aromatic rings. The summed E-state index contributed by atoms with van der Waals surface area (Å²) < 4.78 is 1.17. The molecule has 0 fully saturated rings. The van der Waals surface area contributed by atoms with E-state index in [0.29, 0.717) is 12.5 Å². The van der Waals surface area contributed by atoms with Gasteiger partial charge in [0, 0.05) is 21.9 Å². The number of halogens is 1. The molecule has 14 heavy (non-hydrogen) atoms. The van der Waals surface area contributed by atoms with Crippen LogP contribution in [0.5, 0.6) is 0 Å². The Hall–Kier alpha value is -0.370. The fourth-order valence-corrected chi connectivity index (χ4v) is 2.65. The average Bonchev–Trinajstić information content (AvgIpc) is 2.52. The minimum absolute atomic E-state index is 0.314. The van der Waals surface area contributed by atoms with E-state index in [9.17, 15) is 0 Å². The molecule has 1 unspecified atom stereocenters. The van der Waals surface area contributed by atoms with Crippen molar-refractivity contribution >= 4 is 27.3 Å². The minimum Gasteiger partial charge on any atom is -0.298 e. The predicted molar refractivity (Wildman–Crippen MR) is 63.2 cm³/mol. The van der Waals surface area contributed by atoms with Crippen LogP contribution in [0.25, 0.3) is 0 Å². The van der Waals surface area contributed by atoms with Gasteiger partial charge in [0.05, 0.1) is 12.5 Å². The van der Waals surface area contributed by atoms with Crippen LogP contribution in [0.1, 0.15) is 18.2 Å². The number of nitriles is 1. The molecule has 0 aliphatic rings. The van der Waals surface area contributed by atoms with Crippen LogP contribution < -0.4 is 0 Å². The molecule has 4 heteroatoms. The molecule has 0 amide bonds. The van der Waals surface area contributed by atoms with Crippen LogP contribution in [0.2, 0.25) is 0 Å². The van der Waals surface area contributed by atoms with Crippen LogP contribution in [0.15, 0.2) is 15.9 Å². The molecule has 1 atom stereocenters. The Balaban J connectivity index is 2.53. The van der Waals surface area contributed by atoms with Gasteiger partial charge in [-0.2, -0.15) is 5.26 Å². The summed E-state index contributed by atoms with van der Waals surface area (Å²) in [4.78, 5) is 3.51. The smallest absolute Gasteiger partial charge is 0.0638 e. The van der Waals surface area contributed by atoms with Gasteiger partial charge in [0.25, 0.3) is 0 Å². The van der Waals surface area contributed by atoms with E-state index in [1.807, 2.05) is 7.05 Å². The third kappa shape index (κ3) is 3.09. The Kier molecular flexibility index (Phi) is 4.59. The molecule has 0 saturated heterocycles. The van der Waals surface area contributed by atoms with Gasteiger partial charge in [0.1, 0.15) is 0 Å². The molecular formula is C10H13BrN2S. The lowest BCUT2D eigenvalue weighted by atomic mass is 10.2.